The first kappa shape index (κ1) is 16.0. The Balaban J connectivity index is 2.16. The smallest absolute Gasteiger partial charge is 0.188 e. The molecular weight excluding hydrogens is 304 g/mol. The van der Waals surface area contributed by atoms with Crippen molar-refractivity contribution in [1.29, 1.82) is 0 Å². The first-order valence-electron chi connectivity index (χ1n) is 6.66. The zero-order valence-electron chi connectivity index (χ0n) is 12.5. The zero-order chi connectivity index (χ0) is 15.6. The number of benzene rings is 1. The van der Waals surface area contributed by atoms with E-state index in [0.717, 1.165) is 17.0 Å². The number of aryl methyl sites for hydroxylation is 2. The monoisotopic (exact) mass is 320 g/mol. The Morgan fingerprint density at radius 3 is 2.14 bits per heavy atom. The first-order chi connectivity index (χ1) is 9.88. The van der Waals surface area contributed by atoms with Gasteiger partial charge in [-0.2, -0.15) is 0 Å². The van der Waals surface area contributed by atoms with Gasteiger partial charge in [-0.3, -0.25) is 4.79 Å². The Labute approximate surface area is 134 Å². The van der Waals surface area contributed by atoms with Crippen LogP contribution in [0.2, 0.25) is 5.02 Å². The van der Waals surface area contributed by atoms with Crippen molar-refractivity contribution in [3.8, 4) is 0 Å². The molecule has 5 heteroatoms. The third kappa shape index (κ3) is 3.83. The Morgan fingerprint density at radius 1 is 1.10 bits per heavy atom. The highest BCUT2D eigenvalue weighted by molar-refractivity contribution is 8.00. The summed E-state index contributed by atoms with van der Waals surface area (Å²) in [4.78, 5) is 21.3. The minimum atomic E-state index is -0.243. The molecule has 0 amide bonds. The van der Waals surface area contributed by atoms with Gasteiger partial charge in [-0.15, -0.1) is 0 Å². The van der Waals surface area contributed by atoms with Crippen molar-refractivity contribution >= 4 is 29.1 Å². The molecule has 1 atom stereocenters. The lowest BCUT2D eigenvalue weighted by Crippen LogP contribution is -2.14. The maximum absolute atomic E-state index is 12.4. The number of halogens is 1. The van der Waals surface area contributed by atoms with Gasteiger partial charge < -0.3 is 0 Å². The fourth-order valence-corrected chi connectivity index (χ4v) is 2.92. The average Bonchev–Trinajstić information content (AvgIpc) is 2.44. The van der Waals surface area contributed by atoms with Crippen LogP contribution in [0.15, 0.2) is 29.4 Å². The Bertz CT molecular complexity index is 647. The maximum atomic E-state index is 12.4. The fraction of sp³-hybridized carbons (Fsp3) is 0.312. The molecule has 1 aromatic carbocycles. The first-order valence-corrected chi connectivity index (χ1v) is 7.92. The third-order valence-corrected chi connectivity index (χ3v) is 4.61. The van der Waals surface area contributed by atoms with Crippen molar-refractivity contribution in [3.05, 3.63) is 51.8 Å². The van der Waals surface area contributed by atoms with Crippen LogP contribution in [0.4, 0.5) is 0 Å². The van der Waals surface area contributed by atoms with Crippen molar-refractivity contribution in [1.82, 2.24) is 9.97 Å². The number of rotatable bonds is 4. The average molecular weight is 321 g/mol. The second kappa shape index (κ2) is 6.58. The normalized spacial score (nSPS) is 12.2. The van der Waals surface area contributed by atoms with Crippen LogP contribution in [0.1, 0.15) is 34.2 Å². The van der Waals surface area contributed by atoms with Crippen LogP contribution in [-0.4, -0.2) is 21.0 Å². The summed E-state index contributed by atoms with van der Waals surface area (Å²) < 4.78 is 0. The van der Waals surface area contributed by atoms with Crippen LogP contribution in [-0.2, 0) is 0 Å². The van der Waals surface area contributed by atoms with Gasteiger partial charge in [0.05, 0.1) is 5.25 Å². The predicted octanol–water partition coefficient (Wildman–Crippen LogP) is 4.42. The van der Waals surface area contributed by atoms with Crippen molar-refractivity contribution in [2.75, 3.05) is 0 Å². The Morgan fingerprint density at radius 2 is 1.62 bits per heavy atom. The van der Waals surface area contributed by atoms with Gasteiger partial charge in [0.25, 0.3) is 0 Å². The highest BCUT2D eigenvalue weighted by Crippen LogP contribution is 2.24. The number of hydrogen-bond acceptors (Lipinski definition) is 4. The minimum absolute atomic E-state index is 0.0520. The number of aromatic nitrogens is 2. The number of Topliss-reactive ketones (excluding diaryl/α,β-unsaturated/α-hetero) is 1. The molecule has 0 aliphatic heterocycles. The topological polar surface area (TPSA) is 42.9 Å². The van der Waals surface area contributed by atoms with E-state index in [1.807, 2.05) is 27.7 Å². The molecule has 0 radical (unpaired) electrons. The molecule has 0 aliphatic rings. The summed E-state index contributed by atoms with van der Waals surface area (Å²) >= 11 is 7.22. The number of thioether (sulfide) groups is 1. The molecule has 1 unspecified atom stereocenters. The van der Waals surface area contributed by atoms with Gasteiger partial charge in [0.15, 0.2) is 10.9 Å². The molecule has 1 heterocycles. The number of carbonyl (C=O) groups excluding carboxylic acids is 1. The van der Waals surface area contributed by atoms with E-state index in [2.05, 4.69) is 9.97 Å². The maximum Gasteiger partial charge on any atom is 0.188 e. The largest absolute Gasteiger partial charge is 0.293 e. The van der Waals surface area contributed by atoms with Crippen LogP contribution in [0, 0.1) is 20.8 Å². The summed E-state index contributed by atoms with van der Waals surface area (Å²) in [5, 5.41) is 1.03. The van der Waals surface area contributed by atoms with E-state index in [0.29, 0.717) is 15.7 Å². The van der Waals surface area contributed by atoms with Crippen molar-refractivity contribution in [2.45, 2.75) is 38.1 Å². The van der Waals surface area contributed by atoms with Gasteiger partial charge in [-0.05, 0) is 57.5 Å². The second-order valence-electron chi connectivity index (χ2n) is 4.93. The van der Waals surface area contributed by atoms with Gasteiger partial charge in [-0.25, -0.2) is 9.97 Å². The molecule has 110 valence electrons. The number of carbonyl (C=O) groups is 1. The molecule has 2 rings (SSSR count). The number of nitrogens with zero attached hydrogens (tertiary/aromatic N) is 2. The quantitative estimate of drug-likeness (QED) is 0.475. The lowest BCUT2D eigenvalue weighted by atomic mass is 10.1. The SMILES string of the molecule is Cc1nc(SC(C)C(=O)c2ccc(Cl)cc2)nc(C)c1C. The zero-order valence-corrected chi connectivity index (χ0v) is 14.0. The van der Waals surface area contributed by atoms with E-state index in [4.69, 9.17) is 11.6 Å². The van der Waals surface area contributed by atoms with Gasteiger partial charge in [0.2, 0.25) is 0 Å². The molecule has 21 heavy (non-hydrogen) atoms. The lowest BCUT2D eigenvalue weighted by Gasteiger charge is -2.11. The molecule has 3 nitrogen and oxygen atoms in total. The van der Waals surface area contributed by atoms with Crippen molar-refractivity contribution in [3.63, 3.8) is 0 Å². The van der Waals surface area contributed by atoms with E-state index < -0.39 is 0 Å². The Hall–Kier alpha value is -1.39. The molecule has 1 aromatic heterocycles. The van der Waals surface area contributed by atoms with E-state index >= 15 is 0 Å². The predicted molar refractivity (Wildman–Crippen MR) is 87.3 cm³/mol. The molecule has 0 aliphatic carbocycles. The summed E-state index contributed by atoms with van der Waals surface area (Å²) in [5.74, 6) is 0.0520. The molecule has 0 saturated heterocycles. The van der Waals surface area contributed by atoms with Gasteiger partial charge in [0, 0.05) is 22.0 Å². The summed E-state index contributed by atoms with van der Waals surface area (Å²) in [5.41, 5.74) is 3.66. The standard InChI is InChI=1S/C16H17ClN2OS/c1-9-10(2)18-16(19-11(9)3)21-12(4)15(20)13-5-7-14(17)8-6-13/h5-8,12H,1-4H3. The third-order valence-electron chi connectivity index (χ3n) is 3.39. The van der Waals surface area contributed by atoms with Gasteiger partial charge >= 0.3 is 0 Å². The lowest BCUT2D eigenvalue weighted by molar-refractivity contribution is 0.0994. The number of ketones is 1. The Kier molecular flexibility index (Phi) is 5.01. The molecule has 0 N–H and O–H groups in total. The molecule has 0 saturated carbocycles. The van der Waals surface area contributed by atoms with Crippen LogP contribution in [0.25, 0.3) is 0 Å². The second-order valence-corrected chi connectivity index (χ2v) is 6.68. The van der Waals surface area contributed by atoms with E-state index in [-0.39, 0.29) is 11.0 Å². The fourth-order valence-electron chi connectivity index (χ4n) is 1.85. The van der Waals surface area contributed by atoms with Crippen LogP contribution < -0.4 is 0 Å². The molecule has 0 bridgehead atoms. The van der Waals surface area contributed by atoms with Crippen molar-refractivity contribution in [2.24, 2.45) is 0 Å². The van der Waals surface area contributed by atoms with Crippen LogP contribution in [0.3, 0.4) is 0 Å². The van der Waals surface area contributed by atoms with Gasteiger partial charge in [-0.1, -0.05) is 23.4 Å². The highest BCUT2D eigenvalue weighted by atomic mass is 35.5. The van der Waals surface area contributed by atoms with E-state index in [1.54, 1.807) is 24.3 Å². The van der Waals surface area contributed by atoms with Crippen LogP contribution in [0.5, 0.6) is 0 Å². The molecule has 2 aromatic rings. The van der Waals surface area contributed by atoms with Gasteiger partial charge in [0.1, 0.15) is 0 Å². The van der Waals surface area contributed by atoms with E-state index in [1.165, 1.54) is 11.8 Å². The molecule has 0 fully saturated rings. The highest BCUT2D eigenvalue weighted by Gasteiger charge is 2.18. The van der Waals surface area contributed by atoms with Crippen molar-refractivity contribution < 1.29 is 4.79 Å². The number of hydrogen-bond donors (Lipinski definition) is 0. The summed E-state index contributed by atoms with van der Waals surface area (Å²) in [6.45, 7) is 7.79. The molecular formula is C16H17ClN2OS. The summed E-state index contributed by atoms with van der Waals surface area (Å²) in [7, 11) is 0. The van der Waals surface area contributed by atoms with Crippen LogP contribution >= 0.6 is 23.4 Å². The summed E-state index contributed by atoms with van der Waals surface area (Å²) in [6.07, 6.45) is 0. The molecule has 0 spiro atoms. The summed E-state index contributed by atoms with van der Waals surface area (Å²) in [6, 6.07) is 6.94. The minimum Gasteiger partial charge on any atom is -0.293 e. The van der Waals surface area contributed by atoms with E-state index in [9.17, 15) is 4.79 Å².